The van der Waals surface area contributed by atoms with Crippen LogP contribution in [0.5, 0.6) is 11.6 Å². The predicted octanol–water partition coefficient (Wildman–Crippen LogP) is 1.97. The maximum Gasteiger partial charge on any atom is 0.243 e. The van der Waals surface area contributed by atoms with Crippen LogP contribution >= 0.6 is 0 Å². The van der Waals surface area contributed by atoms with Crippen LogP contribution in [-0.2, 0) is 10.0 Å². The lowest BCUT2D eigenvalue weighted by Crippen LogP contribution is -2.13. The Morgan fingerprint density at radius 3 is 2.68 bits per heavy atom. The van der Waals surface area contributed by atoms with Gasteiger partial charge < -0.3 is 4.74 Å². The fraction of sp³-hybridized carbons (Fsp3) is 0.0833. The van der Waals surface area contributed by atoms with E-state index in [-0.39, 0.29) is 22.3 Å². The number of aryl methyl sites for hydroxylation is 1. The Kier molecular flexibility index (Phi) is 3.50. The Labute approximate surface area is 109 Å². The van der Waals surface area contributed by atoms with Gasteiger partial charge in [0.15, 0.2) is 0 Å². The lowest BCUT2D eigenvalue weighted by atomic mass is 10.2. The van der Waals surface area contributed by atoms with Gasteiger partial charge in [0.25, 0.3) is 0 Å². The number of nitrogens with two attached hydrogens (primary N) is 1. The number of pyridine rings is 1. The molecular weight excluding hydrogens is 271 g/mol. The summed E-state index contributed by atoms with van der Waals surface area (Å²) in [6.45, 7) is 1.57. The lowest BCUT2D eigenvalue weighted by Gasteiger charge is -2.09. The first-order valence-corrected chi connectivity index (χ1v) is 6.84. The van der Waals surface area contributed by atoms with Crippen LogP contribution in [0.25, 0.3) is 0 Å². The predicted molar refractivity (Wildman–Crippen MR) is 66.8 cm³/mol. The van der Waals surface area contributed by atoms with E-state index in [2.05, 4.69) is 4.98 Å². The van der Waals surface area contributed by atoms with Crippen molar-refractivity contribution in [2.45, 2.75) is 11.8 Å². The molecule has 1 aromatic heterocycles. The van der Waals surface area contributed by atoms with Crippen molar-refractivity contribution in [1.29, 1.82) is 0 Å². The van der Waals surface area contributed by atoms with Gasteiger partial charge in [-0.05, 0) is 42.8 Å². The largest absolute Gasteiger partial charge is 0.438 e. The second-order valence-electron chi connectivity index (χ2n) is 3.86. The summed E-state index contributed by atoms with van der Waals surface area (Å²) in [6.07, 6.45) is 1.38. The van der Waals surface area contributed by atoms with Gasteiger partial charge in [-0.3, -0.25) is 0 Å². The highest BCUT2D eigenvalue weighted by atomic mass is 32.2. The van der Waals surface area contributed by atoms with Gasteiger partial charge in [0.1, 0.15) is 16.5 Å². The third-order valence-corrected chi connectivity index (χ3v) is 3.31. The van der Waals surface area contributed by atoms with E-state index in [0.717, 1.165) is 0 Å². The number of halogens is 1. The van der Waals surface area contributed by atoms with E-state index in [0.29, 0.717) is 5.56 Å². The van der Waals surface area contributed by atoms with E-state index in [4.69, 9.17) is 9.88 Å². The molecule has 0 amide bonds. The summed E-state index contributed by atoms with van der Waals surface area (Å²) in [5.41, 5.74) is 0.380. The number of rotatable bonds is 3. The third kappa shape index (κ3) is 3.07. The zero-order valence-corrected chi connectivity index (χ0v) is 10.8. The number of primary sulfonamides is 1. The molecule has 0 aliphatic carbocycles. The Morgan fingerprint density at radius 2 is 2.05 bits per heavy atom. The number of aromatic nitrogens is 1. The average Bonchev–Trinajstić information content (AvgIpc) is 2.33. The highest BCUT2D eigenvalue weighted by Gasteiger charge is 2.16. The first-order valence-electron chi connectivity index (χ1n) is 5.30. The molecule has 0 unspecified atom stereocenters. The number of ether oxygens (including phenoxy) is 1. The van der Waals surface area contributed by atoms with Gasteiger partial charge in [-0.2, -0.15) is 0 Å². The van der Waals surface area contributed by atoms with E-state index in [1.807, 2.05) is 0 Å². The second-order valence-corrected chi connectivity index (χ2v) is 5.39. The molecule has 0 atom stereocenters. The number of nitrogens with zero attached hydrogens (tertiary/aromatic N) is 1. The van der Waals surface area contributed by atoms with Gasteiger partial charge in [-0.1, -0.05) is 0 Å². The van der Waals surface area contributed by atoms with Crippen molar-refractivity contribution in [3.63, 3.8) is 0 Å². The van der Waals surface area contributed by atoms with Crippen LogP contribution in [0.15, 0.2) is 41.4 Å². The van der Waals surface area contributed by atoms with Crippen molar-refractivity contribution in [1.82, 2.24) is 4.98 Å². The van der Waals surface area contributed by atoms with E-state index in [1.54, 1.807) is 6.92 Å². The third-order valence-electron chi connectivity index (χ3n) is 2.39. The minimum Gasteiger partial charge on any atom is -0.438 e. The molecule has 5 nitrogen and oxygen atoms in total. The summed E-state index contributed by atoms with van der Waals surface area (Å²) in [6, 6.07) is 6.77. The van der Waals surface area contributed by atoms with Gasteiger partial charge in [0.2, 0.25) is 15.9 Å². The number of sulfonamides is 1. The van der Waals surface area contributed by atoms with E-state index < -0.39 is 10.0 Å². The fourth-order valence-electron chi connectivity index (χ4n) is 1.46. The van der Waals surface area contributed by atoms with Crippen LogP contribution in [0.1, 0.15) is 5.56 Å². The van der Waals surface area contributed by atoms with Gasteiger partial charge in [0.05, 0.1) is 0 Å². The smallest absolute Gasteiger partial charge is 0.243 e. The van der Waals surface area contributed by atoms with Crippen molar-refractivity contribution >= 4 is 10.0 Å². The van der Waals surface area contributed by atoms with Gasteiger partial charge >= 0.3 is 0 Å². The average molecular weight is 282 g/mol. The summed E-state index contributed by atoms with van der Waals surface area (Å²) >= 11 is 0. The molecule has 2 rings (SSSR count). The highest BCUT2D eigenvalue weighted by Crippen LogP contribution is 2.26. The first-order chi connectivity index (χ1) is 8.88. The summed E-state index contributed by atoms with van der Waals surface area (Å²) in [7, 11) is -3.93. The monoisotopic (exact) mass is 282 g/mol. The molecule has 0 aliphatic heterocycles. The minimum absolute atomic E-state index is 0.143. The summed E-state index contributed by atoms with van der Waals surface area (Å²) < 4.78 is 41.2. The molecule has 19 heavy (non-hydrogen) atoms. The van der Waals surface area contributed by atoms with Crippen LogP contribution in [0.2, 0.25) is 0 Å². The normalized spacial score (nSPS) is 11.3. The molecule has 0 saturated carbocycles. The van der Waals surface area contributed by atoms with E-state index in [1.165, 1.54) is 36.5 Å². The fourth-order valence-corrected chi connectivity index (χ4v) is 2.07. The van der Waals surface area contributed by atoms with Crippen molar-refractivity contribution in [2.75, 3.05) is 0 Å². The van der Waals surface area contributed by atoms with Crippen molar-refractivity contribution in [2.24, 2.45) is 5.14 Å². The SMILES string of the molecule is Cc1cc(Oc2ncccc2S(N)(=O)=O)ccc1F. The maximum absolute atomic E-state index is 13.1. The molecule has 7 heteroatoms. The number of hydrogen-bond donors (Lipinski definition) is 1. The molecular formula is C12H11FN2O3S. The first kappa shape index (κ1) is 13.4. The van der Waals surface area contributed by atoms with Crippen molar-refractivity contribution in [3.05, 3.63) is 47.9 Å². The quantitative estimate of drug-likeness (QED) is 0.933. The number of benzene rings is 1. The standard InChI is InChI=1S/C12H11FN2O3S/c1-8-7-9(4-5-10(8)13)18-12-11(19(14,16)17)3-2-6-15-12/h2-7H,1H3,(H2,14,16,17). The van der Waals surface area contributed by atoms with Crippen LogP contribution in [0.4, 0.5) is 4.39 Å². The zero-order valence-electron chi connectivity index (χ0n) is 10.00. The van der Waals surface area contributed by atoms with Crippen LogP contribution < -0.4 is 9.88 Å². The molecule has 0 spiro atoms. The van der Waals surface area contributed by atoms with Crippen molar-refractivity contribution < 1.29 is 17.5 Å². The molecule has 2 aromatic rings. The Morgan fingerprint density at radius 1 is 1.32 bits per heavy atom. The Balaban J connectivity index is 2.41. The topological polar surface area (TPSA) is 82.3 Å². The summed E-state index contributed by atoms with van der Waals surface area (Å²) in [4.78, 5) is 3.59. The van der Waals surface area contributed by atoms with Crippen LogP contribution in [0, 0.1) is 12.7 Å². The maximum atomic E-state index is 13.1. The molecule has 0 radical (unpaired) electrons. The molecule has 0 bridgehead atoms. The van der Waals surface area contributed by atoms with Gasteiger partial charge in [-0.25, -0.2) is 22.9 Å². The van der Waals surface area contributed by atoms with Crippen molar-refractivity contribution in [3.8, 4) is 11.6 Å². The van der Waals surface area contributed by atoms with E-state index >= 15 is 0 Å². The second kappa shape index (κ2) is 4.94. The van der Waals surface area contributed by atoms with Gasteiger partial charge in [-0.15, -0.1) is 0 Å². The van der Waals surface area contributed by atoms with E-state index in [9.17, 15) is 12.8 Å². The minimum atomic E-state index is -3.93. The Hall–Kier alpha value is -1.99. The lowest BCUT2D eigenvalue weighted by molar-refractivity contribution is 0.445. The molecule has 1 heterocycles. The molecule has 0 fully saturated rings. The summed E-state index contributed by atoms with van der Waals surface area (Å²) in [5.74, 6) is -0.237. The summed E-state index contributed by atoms with van der Waals surface area (Å²) in [5, 5.41) is 5.06. The molecule has 1 aromatic carbocycles. The Bertz CT molecular complexity index is 717. The highest BCUT2D eigenvalue weighted by molar-refractivity contribution is 7.89. The molecule has 0 aliphatic rings. The van der Waals surface area contributed by atoms with Crippen LogP contribution in [-0.4, -0.2) is 13.4 Å². The number of hydrogen-bond acceptors (Lipinski definition) is 4. The van der Waals surface area contributed by atoms with Gasteiger partial charge in [0, 0.05) is 6.20 Å². The molecule has 2 N–H and O–H groups in total. The molecule has 100 valence electrons. The van der Waals surface area contributed by atoms with Crippen LogP contribution in [0.3, 0.4) is 0 Å². The molecule has 0 saturated heterocycles. The zero-order chi connectivity index (χ0) is 14.0.